The number of ether oxygens (including phenoxy) is 1. The molecule has 0 saturated heterocycles. The number of hydrogen-bond acceptors (Lipinski definition) is 6. The molecule has 0 spiro atoms. The molecule has 0 bridgehead atoms. The monoisotopic (exact) mass is 503 g/mol. The van der Waals surface area contributed by atoms with Crippen LogP contribution in [0.2, 0.25) is 5.02 Å². The van der Waals surface area contributed by atoms with Crippen LogP contribution in [0.3, 0.4) is 0 Å². The van der Waals surface area contributed by atoms with E-state index in [2.05, 4.69) is 10.1 Å². The molecule has 3 aromatic rings. The zero-order valence-corrected chi connectivity index (χ0v) is 21.0. The molecule has 180 valence electrons. The number of nitrogens with zero attached hydrogens (tertiary/aromatic N) is 2. The van der Waals surface area contributed by atoms with Crippen LogP contribution in [0, 0.1) is 5.41 Å². The van der Waals surface area contributed by atoms with Crippen molar-refractivity contribution in [3.05, 3.63) is 47.1 Å². The van der Waals surface area contributed by atoms with E-state index in [1.165, 1.54) is 12.0 Å². The molecule has 0 aliphatic rings. The van der Waals surface area contributed by atoms with Gasteiger partial charge in [0.25, 0.3) is 0 Å². The van der Waals surface area contributed by atoms with Crippen LogP contribution in [0.5, 0.6) is 0 Å². The van der Waals surface area contributed by atoms with E-state index in [0.29, 0.717) is 45.5 Å². The molecule has 3 rings (SSSR count). The van der Waals surface area contributed by atoms with E-state index in [1.54, 1.807) is 29.8 Å². The second kappa shape index (κ2) is 10.4. The van der Waals surface area contributed by atoms with Crippen molar-refractivity contribution in [1.82, 2.24) is 14.8 Å². The number of halogens is 1. The number of nitrogens with one attached hydrogen (secondary N) is 1. The number of carbonyl (C=O) groups is 3. The highest BCUT2D eigenvalue weighted by molar-refractivity contribution is 7.80. The highest BCUT2D eigenvalue weighted by Crippen LogP contribution is 2.31. The Kier molecular flexibility index (Phi) is 7.78. The molecule has 0 radical (unpaired) electrons. The van der Waals surface area contributed by atoms with Crippen LogP contribution in [0.1, 0.15) is 30.8 Å². The smallest absolute Gasteiger partial charge is 0.325 e. The van der Waals surface area contributed by atoms with E-state index in [1.807, 2.05) is 32.0 Å². The maximum absolute atomic E-state index is 12.5. The van der Waals surface area contributed by atoms with Crippen LogP contribution in [-0.2, 0) is 14.3 Å². The third kappa shape index (κ3) is 5.84. The van der Waals surface area contributed by atoms with Gasteiger partial charge in [0.2, 0.25) is 5.91 Å². The summed E-state index contributed by atoms with van der Waals surface area (Å²) >= 11 is 11.6. The molecule has 0 aliphatic heterocycles. The second-order valence-corrected chi connectivity index (χ2v) is 9.54. The number of fused-ring (bicyclic) bond motifs is 1. The molecule has 0 aliphatic carbocycles. The highest BCUT2D eigenvalue weighted by Gasteiger charge is 2.26. The molecule has 2 heterocycles. The maximum Gasteiger partial charge on any atom is 0.325 e. The van der Waals surface area contributed by atoms with Crippen molar-refractivity contribution >= 4 is 58.2 Å². The van der Waals surface area contributed by atoms with Gasteiger partial charge in [0.1, 0.15) is 12.3 Å². The van der Waals surface area contributed by atoms with Crippen LogP contribution in [0.15, 0.2) is 40.8 Å². The molecule has 2 aromatic heterocycles. The standard InChI is InChI=1S/C24H26ClN3O5S/c1-24(2,11-21(30)27(3)12-22(31)32-4)14-26-23(34)28-17(13-29)9-20-18(28)10-19(33-20)15-5-7-16(25)8-6-15/h5-10,13H,11-12,14H2,1-4H3,(H,26,34). The Bertz CT molecular complexity index is 1230. The van der Waals surface area contributed by atoms with E-state index < -0.39 is 11.4 Å². The lowest BCUT2D eigenvalue weighted by molar-refractivity contribution is -0.146. The Morgan fingerprint density at radius 2 is 1.94 bits per heavy atom. The Labute approximate surface area is 207 Å². The van der Waals surface area contributed by atoms with Gasteiger partial charge in [-0.3, -0.25) is 19.0 Å². The summed E-state index contributed by atoms with van der Waals surface area (Å²) in [7, 11) is 2.83. The molecular weight excluding hydrogens is 478 g/mol. The van der Waals surface area contributed by atoms with Gasteiger partial charge in [-0.25, -0.2) is 0 Å². The summed E-state index contributed by atoms with van der Waals surface area (Å²) in [6, 6.07) is 10.7. The minimum atomic E-state index is -0.482. The minimum Gasteiger partial charge on any atom is -0.468 e. The summed E-state index contributed by atoms with van der Waals surface area (Å²) in [6.45, 7) is 4.07. The fourth-order valence-electron chi connectivity index (χ4n) is 3.43. The average Bonchev–Trinajstić information content (AvgIpc) is 3.35. The number of aldehydes is 1. The van der Waals surface area contributed by atoms with Gasteiger partial charge < -0.3 is 19.4 Å². The lowest BCUT2D eigenvalue weighted by Gasteiger charge is -2.27. The van der Waals surface area contributed by atoms with E-state index in [9.17, 15) is 14.4 Å². The van der Waals surface area contributed by atoms with E-state index in [4.69, 9.17) is 28.2 Å². The van der Waals surface area contributed by atoms with Crippen LogP contribution < -0.4 is 5.32 Å². The Morgan fingerprint density at radius 3 is 2.56 bits per heavy atom. The molecule has 1 amide bonds. The summed E-state index contributed by atoms with van der Waals surface area (Å²) in [5.74, 6) is -0.0539. The van der Waals surface area contributed by atoms with Crippen LogP contribution in [-0.4, -0.2) is 60.0 Å². The first kappa shape index (κ1) is 25.5. The molecule has 1 aromatic carbocycles. The summed E-state index contributed by atoms with van der Waals surface area (Å²) in [6.07, 6.45) is 0.895. The lowest BCUT2D eigenvalue weighted by Crippen LogP contribution is -2.41. The summed E-state index contributed by atoms with van der Waals surface area (Å²) in [5, 5.41) is 4.09. The van der Waals surface area contributed by atoms with Crippen molar-refractivity contribution in [2.75, 3.05) is 27.2 Å². The van der Waals surface area contributed by atoms with Crippen molar-refractivity contribution in [2.24, 2.45) is 5.41 Å². The van der Waals surface area contributed by atoms with Crippen molar-refractivity contribution in [3.8, 4) is 11.3 Å². The molecule has 1 N–H and O–H groups in total. The van der Waals surface area contributed by atoms with Gasteiger partial charge in [-0.1, -0.05) is 25.4 Å². The zero-order valence-electron chi connectivity index (χ0n) is 19.4. The van der Waals surface area contributed by atoms with Gasteiger partial charge in [0, 0.05) is 42.7 Å². The number of carbonyl (C=O) groups excluding carboxylic acids is 3. The number of rotatable bonds is 8. The highest BCUT2D eigenvalue weighted by atomic mass is 35.5. The summed E-state index contributed by atoms with van der Waals surface area (Å²) in [4.78, 5) is 36.9. The number of aromatic nitrogens is 1. The topological polar surface area (TPSA) is 93.8 Å². The SMILES string of the molecule is COC(=O)CN(C)C(=O)CC(C)(C)CNC(=S)n1c(C=O)cc2oc(-c3ccc(Cl)cc3)cc21. The average molecular weight is 504 g/mol. The normalized spacial score (nSPS) is 11.3. The number of benzene rings is 1. The molecule has 10 heteroatoms. The number of methoxy groups -OCH3 is 1. The van der Waals surface area contributed by atoms with Crippen LogP contribution in [0.25, 0.3) is 22.4 Å². The Hall–Kier alpha value is -3.17. The number of amides is 1. The summed E-state index contributed by atoms with van der Waals surface area (Å²) < 4.78 is 12.2. The van der Waals surface area contributed by atoms with Gasteiger partial charge >= 0.3 is 5.97 Å². The molecule has 34 heavy (non-hydrogen) atoms. The van der Waals surface area contributed by atoms with Gasteiger partial charge in [-0.15, -0.1) is 0 Å². The second-order valence-electron chi connectivity index (χ2n) is 8.72. The number of thiocarbonyl (C=S) groups is 1. The molecular formula is C24H26ClN3O5S. The van der Waals surface area contributed by atoms with Gasteiger partial charge in [0.15, 0.2) is 17.0 Å². The van der Waals surface area contributed by atoms with Gasteiger partial charge in [0.05, 0.1) is 18.3 Å². The molecule has 0 unspecified atom stereocenters. The predicted octanol–water partition coefficient (Wildman–Crippen LogP) is 4.14. The first-order valence-corrected chi connectivity index (χ1v) is 11.3. The van der Waals surface area contributed by atoms with Gasteiger partial charge in [-0.2, -0.15) is 0 Å². The van der Waals surface area contributed by atoms with E-state index >= 15 is 0 Å². The number of esters is 1. The lowest BCUT2D eigenvalue weighted by atomic mass is 9.88. The number of furan rings is 1. The van der Waals surface area contributed by atoms with E-state index in [0.717, 1.165) is 5.56 Å². The Morgan fingerprint density at radius 1 is 1.26 bits per heavy atom. The predicted molar refractivity (Wildman–Crippen MR) is 134 cm³/mol. The first-order chi connectivity index (χ1) is 16.0. The Balaban J connectivity index is 1.74. The fraction of sp³-hybridized carbons (Fsp3) is 0.333. The largest absolute Gasteiger partial charge is 0.468 e. The number of likely N-dealkylation sites (N-methyl/N-ethyl adjacent to an activating group) is 1. The summed E-state index contributed by atoms with van der Waals surface area (Å²) in [5.41, 5.74) is 1.88. The van der Waals surface area contributed by atoms with E-state index in [-0.39, 0.29) is 18.9 Å². The quantitative estimate of drug-likeness (QED) is 0.280. The maximum atomic E-state index is 12.5. The van der Waals surface area contributed by atoms with Crippen molar-refractivity contribution in [3.63, 3.8) is 0 Å². The van der Waals surface area contributed by atoms with Gasteiger partial charge in [-0.05, 0) is 41.9 Å². The molecule has 0 saturated carbocycles. The number of hydrogen-bond donors (Lipinski definition) is 1. The zero-order chi connectivity index (χ0) is 25.0. The van der Waals surface area contributed by atoms with Crippen molar-refractivity contribution in [2.45, 2.75) is 20.3 Å². The van der Waals surface area contributed by atoms with Crippen molar-refractivity contribution < 1.29 is 23.5 Å². The fourth-order valence-corrected chi connectivity index (χ4v) is 3.83. The molecule has 0 atom stereocenters. The molecule has 8 nitrogen and oxygen atoms in total. The van der Waals surface area contributed by atoms with Crippen LogP contribution >= 0.6 is 23.8 Å². The molecule has 0 fully saturated rings. The third-order valence-corrected chi connectivity index (χ3v) is 5.92. The van der Waals surface area contributed by atoms with Crippen molar-refractivity contribution in [1.29, 1.82) is 0 Å². The first-order valence-electron chi connectivity index (χ1n) is 10.5. The minimum absolute atomic E-state index is 0.113. The third-order valence-electron chi connectivity index (χ3n) is 5.34. The van der Waals surface area contributed by atoms with Crippen LogP contribution in [0.4, 0.5) is 0 Å².